The van der Waals surface area contributed by atoms with Crippen molar-refractivity contribution in [2.24, 2.45) is 0 Å². The SMILES string of the molecule is CC(=O)N1CCc2c(c(N3CCCc4c(Cl)cccc43)nn2[C@H]2CCOC2)C1. The van der Waals surface area contributed by atoms with E-state index < -0.39 is 0 Å². The minimum atomic E-state index is 0.121. The average molecular weight is 401 g/mol. The van der Waals surface area contributed by atoms with Gasteiger partial charge in [-0.2, -0.15) is 5.10 Å². The first-order chi connectivity index (χ1) is 13.6. The van der Waals surface area contributed by atoms with Gasteiger partial charge in [-0.25, -0.2) is 0 Å². The van der Waals surface area contributed by atoms with Gasteiger partial charge in [0.2, 0.25) is 5.91 Å². The average Bonchev–Trinajstić information content (AvgIpc) is 3.35. The summed E-state index contributed by atoms with van der Waals surface area (Å²) in [4.78, 5) is 16.3. The van der Waals surface area contributed by atoms with Gasteiger partial charge in [-0.15, -0.1) is 0 Å². The number of carbonyl (C=O) groups excluding carboxylic acids is 1. The van der Waals surface area contributed by atoms with Gasteiger partial charge >= 0.3 is 0 Å². The fraction of sp³-hybridized carbons (Fsp3) is 0.524. The first-order valence-corrected chi connectivity index (χ1v) is 10.5. The van der Waals surface area contributed by atoms with E-state index in [4.69, 9.17) is 21.4 Å². The van der Waals surface area contributed by atoms with Gasteiger partial charge in [-0.3, -0.25) is 9.48 Å². The van der Waals surface area contributed by atoms with Crippen molar-refractivity contribution in [1.82, 2.24) is 14.7 Å². The number of halogens is 1. The zero-order valence-electron chi connectivity index (χ0n) is 16.2. The lowest BCUT2D eigenvalue weighted by Crippen LogP contribution is -2.35. The molecule has 148 valence electrons. The Morgan fingerprint density at radius 1 is 1.25 bits per heavy atom. The van der Waals surface area contributed by atoms with E-state index in [-0.39, 0.29) is 11.9 Å². The summed E-state index contributed by atoms with van der Waals surface area (Å²) in [6.45, 7) is 5.44. The Hall–Kier alpha value is -2.05. The van der Waals surface area contributed by atoms with Crippen LogP contribution in [-0.2, 0) is 28.9 Å². The maximum Gasteiger partial charge on any atom is 0.219 e. The number of amides is 1. The minimum absolute atomic E-state index is 0.121. The fourth-order valence-corrected chi connectivity index (χ4v) is 5.00. The fourth-order valence-electron chi connectivity index (χ4n) is 4.73. The Balaban J connectivity index is 1.62. The van der Waals surface area contributed by atoms with Crippen LogP contribution in [0.4, 0.5) is 11.5 Å². The Labute approximate surface area is 170 Å². The first-order valence-electron chi connectivity index (χ1n) is 10.1. The molecular weight excluding hydrogens is 376 g/mol. The van der Waals surface area contributed by atoms with E-state index in [2.05, 4.69) is 15.6 Å². The van der Waals surface area contributed by atoms with Crippen molar-refractivity contribution in [2.45, 2.75) is 45.2 Å². The third-order valence-electron chi connectivity index (χ3n) is 6.21. The van der Waals surface area contributed by atoms with Gasteiger partial charge in [-0.05, 0) is 37.0 Å². The van der Waals surface area contributed by atoms with Crippen molar-refractivity contribution >= 4 is 29.0 Å². The molecule has 0 N–H and O–H groups in total. The molecule has 0 bridgehead atoms. The lowest BCUT2D eigenvalue weighted by Gasteiger charge is -2.32. The number of hydrogen-bond acceptors (Lipinski definition) is 4. The Bertz CT molecular complexity index is 919. The number of benzene rings is 1. The summed E-state index contributed by atoms with van der Waals surface area (Å²) in [7, 11) is 0. The molecule has 4 heterocycles. The van der Waals surface area contributed by atoms with Crippen LogP contribution in [0.25, 0.3) is 0 Å². The van der Waals surface area contributed by atoms with Crippen LogP contribution in [0.3, 0.4) is 0 Å². The van der Waals surface area contributed by atoms with Crippen LogP contribution in [-0.4, -0.2) is 46.9 Å². The molecule has 0 saturated carbocycles. The highest BCUT2D eigenvalue weighted by molar-refractivity contribution is 6.31. The summed E-state index contributed by atoms with van der Waals surface area (Å²) in [6.07, 6.45) is 3.87. The highest BCUT2D eigenvalue weighted by Crippen LogP contribution is 2.40. The van der Waals surface area contributed by atoms with Gasteiger partial charge in [0.1, 0.15) is 0 Å². The Morgan fingerprint density at radius 3 is 2.93 bits per heavy atom. The second-order valence-corrected chi connectivity index (χ2v) is 8.30. The van der Waals surface area contributed by atoms with Crippen LogP contribution >= 0.6 is 11.6 Å². The minimum Gasteiger partial charge on any atom is -0.379 e. The second kappa shape index (κ2) is 7.08. The molecule has 0 radical (unpaired) electrons. The lowest BCUT2D eigenvalue weighted by molar-refractivity contribution is -0.129. The molecular formula is C21H25ClN4O2. The highest BCUT2D eigenvalue weighted by Gasteiger charge is 2.33. The lowest BCUT2D eigenvalue weighted by atomic mass is 10.00. The summed E-state index contributed by atoms with van der Waals surface area (Å²) in [6, 6.07) is 6.40. The number of rotatable bonds is 2. The van der Waals surface area contributed by atoms with Crippen molar-refractivity contribution in [2.75, 3.05) is 31.2 Å². The largest absolute Gasteiger partial charge is 0.379 e. The summed E-state index contributed by atoms with van der Waals surface area (Å²) >= 11 is 6.49. The normalized spacial score (nSPS) is 21.6. The Kier molecular flexibility index (Phi) is 4.56. The molecule has 0 unspecified atom stereocenters. The molecule has 7 heteroatoms. The molecule has 3 aliphatic heterocycles. The predicted molar refractivity (Wildman–Crippen MR) is 108 cm³/mol. The smallest absolute Gasteiger partial charge is 0.219 e. The van der Waals surface area contributed by atoms with Crippen molar-refractivity contribution in [1.29, 1.82) is 0 Å². The zero-order chi connectivity index (χ0) is 19.3. The van der Waals surface area contributed by atoms with Gasteiger partial charge in [-0.1, -0.05) is 17.7 Å². The van der Waals surface area contributed by atoms with E-state index in [0.717, 1.165) is 61.9 Å². The van der Waals surface area contributed by atoms with E-state index >= 15 is 0 Å². The molecule has 1 saturated heterocycles. The molecule has 5 rings (SSSR count). The number of carbonyl (C=O) groups is 1. The van der Waals surface area contributed by atoms with Gasteiger partial charge in [0, 0.05) is 55.0 Å². The number of hydrogen-bond donors (Lipinski definition) is 0. The number of fused-ring (bicyclic) bond motifs is 2. The Morgan fingerprint density at radius 2 is 2.14 bits per heavy atom. The molecule has 2 aromatic rings. The molecule has 0 aliphatic carbocycles. The molecule has 1 amide bonds. The molecule has 3 aliphatic rings. The number of nitrogens with zero attached hydrogens (tertiary/aromatic N) is 4. The number of anilines is 2. The monoisotopic (exact) mass is 400 g/mol. The third-order valence-corrected chi connectivity index (χ3v) is 6.56. The second-order valence-electron chi connectivity index (χ2n) is 7.89. The molecule has 1 atom stereocenters. The van der Waals surface area contributed by atoms with E-state index in [1.165, 1.54) is 16.8 Å². The summed E-state index contributed by atoms with van der Waals surface area (Å²) in [5, 5.41) is 5.93. The van der Waals surface area contributed by atoms with Crippen LogP contribution < -0.4 is 4.90 Å². The van der Waals surface area contributed by atoms with E-state index in [9.17, 15) is 4.79 Å². The van der Waals surface area contributed by atoms with Crippen molar-refractivity contribution in [3.63, 3.8) is 0 Å². The summed E-state index contributed by atoms with van der Waals surface area (Å²) in [5.74, 6) is 1.10. The molecule has 1 fully saturated rings. The molecule has 28 heavy (non-hydrogen) atoms. The van der Waals surface area contributed by atoms with Crippen LogP contribution in [0, 0.1) is 0 Å². The standard InChI is InChI=1S/C21H25ClN4O2/c1-14(27)24-10-7-20-17(12-24)21(23-26(20)15-8-11-28-13-15)25-9-3-4-16-18(22)5-2-6-19(16)25/h2,5-6,15H,3-4,7-13H2,1H3/t15-/m0/s1. The van der Waals surface area contributed by atoms with Crippen molar-refractivity contribution < 1.29 is 9.53 Å². The van der Waals surface area contributed by atoms with Gasteiger partial charge in [0.05, 0.1) is 19.2 Å². The maximum absolute atomic E-state index is 12.0. The van der Waals surface area contributed by atoms with Gasteiger partial charge in [0.15, 0.2) is 5.82 Å². The van der Waals surface area contributed by atoms with E-state index in [0.29, 0.717) is 13.2 Å². The first kappa shape index (κ1) is 18.0. The predicted octanol–water partition coefficient (Wildman–Crippen LogP) is 3.49. The number of ether oxygens (including phenoxy) is 1. The van der Waals surface area contributed by atoms with Crippen molar-refractivity contribution in [3.8, 4) is 0 Å². The van der Waals surface area contributed by atoms with Gasteiger partial charge < -0.3 is 14.5 Å². The molecule has 0 spiro atoms. The van der Waals surface area contributed by atoms with Crippen molar-refractivity contribution in [3.05, 3.63) is 40.0 Å². The summed E-state index contributed by atoms with van der Waals surface area (Å²) in [5.41, 5.74) is 4.79. The molecule has 1 aromatic heterocycles. The molecule has 1 aromatic carbocycles. The van der Waals surface area contributed by atoms with Crippen LogP contribution in [0.5, 0.6) is 0 Å². The van der Waals surface area contributed by atoms with Gasteiger partial charge in [0.25, 0.3) is 0 Å². The highest BCUT2D eigenvalue weighted by atomic mass is 35.5. The maximum atomic E-state index is 12.0. The van der Waals surface area contributed by atoms with E-state index in [1.54, 1.807) is 6.92 Å². The third kappa shape index (κ3) is 2.90. The molecule has 6 nitrogen and oxygen atoms in total. The number of aromatic nitrogens is 2. The topological polar surface area (TPSA) is 50.6 Å². The summed E-state index contributed by atoms with van der Waals surface area (Å²) < 4.78 is 7.82. The zero-order valence-corrected chi connectivity index (χ0v) is 16.9. The van der Waals surface area contributed by atoms with Crippen LogP contribution in [0.2, 0.25) is 5.02 Å². The van der Waals surface area contributed by atoms with Crippen LogP contribution in [0.1, 0.15) is 42.6 Å². The van der Waals surface area contributed by atoms with Crippen LogP contribution in [0.15, 0.2) is 18.2 Å². The van der Waals surface area contributed by atoms with E-state index in [1.807, 2.05) is 17.0 Å². The quantitative estimate of drug-likeness (QED) is 0.774.